The number of benzene rings is 3. The highest BCUT2D eigenvalue weighted by atomic mass is 16.5. The standard InChI is InChI=1S/C29H31N3O2/c1-19-31-24-15-23(25(33-2)16-26(24)34-19)17-30-28-22-13-14-32(18-22)29(28)27(20-9-5-3-6-10-20)21-11-7-4-8-12-21/h3-12,15-16,22,27-30H,13-14,17-18H2,1-2H3/t22-,28+,29-/m1/s1. The Morgan fingerprint density at radius 3 is 2.44 bits per heavy atom. The molecule has 6 rings (SSSR count). The molecule has 2 fully saturated rings. The molecule has 174 valence electrons. The Labute approximate surface area is 200 Å². The number of ether oxygens (including phenoxy) is 1. The Bertz CT molecular complexity index is 1230. The minimum Gasteiger partial charge on any atom is -0.496 e. The van der Waals surface area contributed by atoms with Crippen molar-refractivity contribution in [3.8, 4) is 5.75 Å². The number of aryl methyl sites for hydroxylation is 1. The average Bonchev–Trinajstić information content (AvgIpc) is 3.58. The van der Waals surface area contributed by atoms with Gasteiger partial charge in [0.2, 0.25) is 0 Å². The summed E-state index contributed by atoms with van der Waals surface area (Å²) in [5, 5.41) is 3.97. The van der Waals surface area contributed by atoms with E-state index in [0.717, 1.165) is 35.5 Å². The van der Waals surface area contributed by atoms with Crippen molar-refractivity contribution in [3.63, 3.8) is 0 Å². The molecule has 34 heavy (non-hydrogen) atoms. The van der Waals surface area contributed by atoms with E-state index in [-0.39, 0.29) is 0 Å². The number of rotatable bonds is 7. The van der Waals surface area contributed by atoms with Crippen LogP contribution in [0.15, 0.2) is 77.2 Å². The van der Waals surface area contributed by atoms with E-state index in [1.54, 1.807) is 7.11 Å². The molecule has 1 unspecified atom stereocenters. The minimum absolute atomic E-state index is 0.327. The molecule has 0 spiro atoms. The van der Waals surface area contributed by atoms with Gasteiger partial charge in [0.15, 0.2) is 11.5 Å². The van der Waals surface area contributed by atoms with E-state index in [4.69, 9.17) is 9.15 Å². The van der Waals surface area contributed by atoms with Gasteiger partial charge in [-0.15, -0.1) is 0 Å². The monoisotopic (exact) mass is 453 g/mol. The Hall–Kier alpha value is -3.15. The molecule has 5 nitrogen and oxygen atoms in total. The molecule has 1 aromatic heterocycles. The van der Waals surface area contributed by atoms with E-state index < -0.39 is 0 Å². The van der Waals surface area contributed by atoms with Gasteiger partial charge in [-0.3, -0.25) is 4.90 Å². The summed E-state index contributed by atoms with van der Waals surface area (Å²) < 4.78 is 11.4. The van der Waals surface area contributed by atoms with Crippen LogP contribution in [0.3, 0.4) is 0 Å². The molecule has 1 N–H and O–H groups in total. The summed E-state index contributed by atoms with van der Waals surface area (Å²) in [4.78, 5) is 7.23. The SMILES string of the molecule is COc1cc2oc(C)nc2cc1CN[C@H]1[C@@H]2CCN(C2)[C@@H]1C(c1ccccc1)c1ccccc1. The van der Waals surface area contributed by atoms with Gasteiger partial charge in [-0.1, -0.05) is 60.7 Å². The smallest absolute Gasteiger partial charge is 0.192 e. The second kappa shape index (κ2) is 8.90. The Morgan fingerprint density at radius 1 is 1.06 bits per heavy atom. The number of fused-ring (bicyclic) bond motifs is 3. The molecule has 0 aliphatic carbocycles. The molecule has 2 aliphatic heterocycles. The Kier molecular flexibility index (Phi) is 5.60. The zero-order valence-electron chi connectivity index (χ0n) is 19.8. The molecule has 2 bridgehead atoms. The van der Waals surface area contributed by atoms with Crippen molar-refractivity contribution in [2.24, 2.45) is 5.92 Å². The first-order valence-corrected chi connectivity index (χ1v) is 12.2. The summed E-state index contributed by atoms with van der Waals surface area (Å²) in [6.07, 6.45) is 1.25. The fourth-order valence-electron chi connectivity index (χ4n) is 6.17. The lowest BCUT2D eigenvalue weighted by atomic mass is 9.78. The highest BCUT2D eigenvalue weighted by Gasteiger charge is 2.49. The molecule has 4 atom stereocenters. The molecule has 3 aromatic carbocycles. The summed E-state index contributed by atoms with van der Waals surface area (Å²) >= 11 is 0. The average molecular weight is 454 g/mol. The Balaban J connectivity index is 1.33. The van der Waals surface area contributed by atoms with Gasteiger partial charge >= 0.3 is 0 Å². The largest absolute Gasteiger partial charge is 0.496 e. The van der Waals surface area contributed by atoms with Crippen LogP contribution in [0.25, 0.3) is 11.1 Å². The lowest BCUT2D eigenvalue weighted by Crippen LogP contribution is -2.50. The number of nitrogens with one attached hydrogen (secondary N) is 1. The number of aromatic nitrogens is 1. The maximum Gasteiger partial charge on any atom is 0.192 e. The van der Waals surface area contributed by atoms with Crippen LogP contribution in [0.1, 0.15) is 34.9 Å². The quantitative estimate of drug-likeness (QED) is 0.420. The molecule has 2 aliphatic rings. The molecule has 5 heteroatoms. The van der Waals surface area contributed by atoms with Crippen molar-refractivity contribution in [1.82, 2.24) is 15.2 Å². The van der Waals surface area contributed by atoms with E-state index in [1.165, 1.54) is 24.1 Å². The van der Waals surface area contributed by atoms with Gasteiger partial charge in [0, 0.05) is 49.6 Å². The molecule has 4 aromatic rings. The van der Waals surface area contributed by atoms with Gasteiger partial charge in [0.25, 0.3) is 0 Å². The first kappa shape index (κ1) is 21.4. The van der Waals surface area contributed by atoms with Gasteiger partial charge in [-0.2, -0.15) is 0 Å². The zero-order chi connectivity index (χ0) is 23.1. The number of oxazole rings is 1. The highest BCUT2D eigenvalue weighted by Crippen LogP contribution is 2.43. The zero-order valence-corrected chi connectivity index (χ0v) is 19.8. The first-order valence-electron chi connectivity index (χ1n) is 12.2. The van der Waals surface area contributed by atoms with E-state index in [1.807, 2.05) is 13.0 Å². The summed E-state index contributed by atoms with van der Waals surface area (Å²) in [7, 11) is 1.72. The van der Waals surface area contributed by atoms with E-state index in [0.29, 0.717) is 29.8 Å². The normalized spacial score (nSPS) is 23.7. The van der Waals surface area contributed by atoms with Crippen LogP contribution in [0.4, 0.5) is 0 Å². The van der Waals surface area contributed by atoms with Crippen molar-refractivity contribution in [2.45, 2.75) is 37.9 Å². The lowest BCUT2D eigenvalue weighted by molar-refractivity contribution is 0.197. The second-order valence-electron chi connectivity index (χ2n) is 9.60. The first-order chi connectivity index (χ1) is 16.7. The number of hydrogen-bond donors (Lipinski definition) is 1. The molecule has 0 saturated carbocycles. The van der Waals surface area contributed by atoms with Gasteiger partial charge in [-0.25, -0.2) is 4.98 Å². The maximum absolute atomic E-state index is 5.71. The van der Waals surface area contributed by atoms with Gasteiger partial charge in [0.1, 0.15) is 11.3 Å². The lowest BCUT2D eigenvalue weighted by Gasteiger charge is -2.39. The van der Waals surface area contributed by atoms with E-state index >= 15 is 0 Å². The van der Waals surface area contributed by atoms with Crippen molar-refractivity contribution in [1.29, 1.82) is 0 Å². The van der Waals surface area contributed by atoms with Gasteiger partial charge in [-0.05, 0) is 36.1 Å². The number of nitrogens with zero attached hydrogens (tertiary/aromatic N) is 2. The fraction of sp³-hybridized carbons (Fsp3) is 0.345. The summed E-state index contributed by atoms with van der Waals surface area (Å²) in [5.74, 6) is 2.51. The van der Waals surface area contributed by atoms with Crippen LogP contribution in [-0.2, 0) is 6.54 Å². The highest BCUT2D eigenvalue weighted by molar-refractivity contribution is 5.76. The van der Waals surface area contributed by atoms with Crippen molar-refractivity contribution < 1.29 is 9.15 Å². The number of methoxy groups -OCH3 is 1. The summed E-state index contributed by atoms with van der Waals surface area (Å²) in [5.41, 5.74) is 5.55. The third-order valence-electron chi connectivity index (χ3n) is 7.64. The summed E-state index contributed by atoms with van der Waals surface area (Å²) in [6, 6.07) is 26.9. The van der Waals surface area contributed by atoms with Crippen LogP contribution < -0.4 is 10.1 Å². The molecular weight excluding hydrogens is 422 g/mol. The van der Waals surface area contributed by atoms with Crippen LogP contribution in [0.5, 0.6) is 5.75 Å². The molecule has 2 saturated heterocycles. The Morgan fingerprint density at radius 2 is 1.76 bits per heavy atom. The molecule has 0 amide bonds. The third-order valence-corrected chi connectivity index (χ3v) is 7.64. The number of hydrogen-bond acceptors (Lipinski definition) is 5. The number of piperidine rings is 1. The molecular formula is C29H31N3O2. The molecule has 0 radical (unpaired) electrons. The maximum atomic E-state index is 5.71. The van der Waals surface area contributed by atoms with Crippen molar-refractivity contribution >= 4 is 11.1 Å². The topological polar surface area (TPSA) is 50.5 Å². The summed E-state index contributed by atoms with van der Waals surface area (Å²) in [6.45, 7) is 4.97. The fourth-order valence-corrected chi connectivity index (χ4v) is 6.17. The third kappa shape index (κ3) is 3.79. The predicted molar refractivity (Wildman–Crippen MR) is 134 cm³/mol. The predicted octanol–water partition coefficient (Wildman–Crippen LogP) is 5.14. The molecule has 3 heterocycles. The van der Waals surface area contributed by atoms with Crippen LogP contribution in [0.2, 0.25) is 0 Å². The minimum atomic E-state index is 0.327. The van der Waals surface area contributed by atoms with Crippen LogP contribution >= 0.6 is 0 Å². The van der Waals surface area contributed by atoms with Crippen LogP contribution in [0, 0.1) is 12.8 Å². The van der Waals surface area contributed by atoms with E-state index in [2.05, 4.69) is 81.9 Å². The second-order valence-corrected chi connectivity index (χ2v) is 9.60. The van der Waals surface area contributed by atoms with Gasteiger partial charge in [0.05, 0.1) is 7.11 Å². The van der Waals surface area contributed by atoms with Crippen molar-refractivity contribution in [3.05, 3.63) is 95.4 Å². The van der Waals surface area contributed by atoms with E-state index in [9.17, 15) is 0 Å². The van der Waals surface area contributed by atoms with Gasteiger partial charge < -0.3 is 14.5 Å². The van der Waals surface area contributed by atoms with Crippen LogP contribution in [-0.4, -0.2) is 42.2 Å². The van der Waals surface area contributed by atoms with Crippen molar-refractivity contribution in [2.75, 3.05) is 20.2 Å².